The number of piperidine rings is 1. The average Bonchev–Trinajstić information content (AvgIpc) is 2.92. The smallest absolute Gasteiger partial charge is 0.255 e. The lowest BCUT2D eigenvalue weighted by atomic mass is 10.1. The number of rotatable bonds is 3. The minimum Gasteiger partial charge on any atom is -0.340 e. The fourth-order valence-corrected chi connectivity index (χ4v) is 2.53. The summed E-state index contributed by atoms with van der Waals surface area (Å²) in [5.74, 6) is -1.16. The molecule has 0 saturated carbocycles. The molecule has 1 aromatic carbocycles. The van der Waals surface area contributed by atoms with Gasteiger partial charge in [0.1, 0.15) is 6.04 Å². The van der Waals surface area contributed by atoms with Crippen molar-refractivity contribution < 1.29 is 14.4 Å². The van der Waals surface area contributed by atoms with Crippen LogP contribution in [0.2, 0.25) is 0 Å². The maximum Gasteiger partial charge on any atom is 0.255 e. The minimum absolute atomic E-state index is 0.221. The highest BCUT2D eigenvalue weighted by molar-refractivity contribution is 6.04. The van der Waals surface area contributed by atoms with Crippen molar-refractivity contribution in [3.05, 3.63) is 47.8 Å². The van der Waals surface area contributed by atoms with E-state index in [0.717, 1.165) is 5.69 Å². The van der Waals surface area contributed by atoms with Gasteiger partial charge in [0.25, 0.3) is 5.91 Å². The maximum atomic E-state index is 12.4. The highest BCUT2D eigenvalue weighted by Gasteiger charge is 2.29. The molecule has 2 aromatic rings. The van der Waals surface area contributed by atoms with Crippen molar-refractivity contribution in [2.45, 2.75) is 25.8 Å². The summed E-state index contributed by atoms with van der Waals surface area (Å²) in [6, 6.07) is 8.77. The van der Waals surface area contributed by atoms with Crippen molar-refractivity contribution in [1.82, 2.24) is 20.4 Å². The lowest BCUT2D eigenvalue weighted by molar-refractivity contribution is -0.134. The van der Waals surface area contributed by atoms with E-state index in [2.05, 4.69) is 15.7 Å². The van der Waals surface area contributed by atoms with Crippen molar-refractivity contribution in [1.29, 1.82) is 0 Å². The topological polar surface area (TPSA) is 93.1 Å². The number of imide groups is 1. The van der Waals surface area contributed by atoms with Crippen LogP contribution < -0.4 is 10.6 Å². The third-order valence-corrected chi connectivity index (χ3v) is 3.80. The van der Waals surface area contributed by atoms with Gasteiger partial charge >= 0.3 is 0 Å². The zero-order valence-corrected chi connectivity index (χ0v) is 12.6. The van der Waals surface area contributed by atoms with E-state index in [-0.39, 0.29) is 18.2 Å². The largest absolute Gasteiger partial charge is 0.340 e. The first-order valence-corrected chi connectivity index (χ1v) is 7.31. The van der Waals surface area contributed by atoms with Gasteiger partial charge in [0.05, 0.1) is 23.1 Å². The molecule has 7 nitrogen and oxygen atoms in total. The lowest BCUT2D eigenvalue weighted by Crippen LogP contribution is -2.52. The number of hydrogen-bond acceptors (Lipinski definition) is 4. The summed E-state index contributed by atoms with van der Waals surface area (Å²) in [7, 11) is 0. The van der Waals surface area contributed by atoms with Crippen LogP contribution in [0.25, 0.3) is 5.69 Å². The van der Waals surface area contributed by atoms with Gasteiger partial charge in [-0.15, -0.1) is 0 Å². The van der Waals surface area contributed by atoms with Gasteiger partial charge in [-0.25, -0.2) is 4.68 Å². The number of para-hydroxylation sites is 1. The van der Waals surface area contributed by atoms with Gasteiger partial charge in [0.15, 0.2) is 0 Å². The lowest BCUT2D eigenvalue weighted by Gasteiger charge is -2.21. The molecule has 1 atom stereocenters. The monoisotopic (exact) mass is 312 g/mol. The predicted molar refractivity (Wildman–Crippen MR) is 81.9 cm³/mol. The highest BCUT2D eigenvalue weighted by atomic mass is 16.2. The molecule has 118 valence electrons. The van der Waals surface area contributed by atoms with E-state index in [9.17, 15) is 14.4 Å². The second kappa shape index (κ2) is 6.04. The van der Waals surface area contributed by atoms with Crippen molar-refractivity contribution in [3.63, 3.8) is 0 Å². The average molecular weight is 312 g/mol. The number of nitrogens with zero attached hydrogens (tertiary/aromatic N) is 2. The summed E-state index contributed by atoms with van der Waals surface area (Å²) in [5, 5.41) is 9.11. The van der Waals surface area contributed by atoms with Gasteiger partial charge in [-0.3, -0.25) is 19.7 Å². The molecule has 0 spiro atoms. The third kappa shape index (κ3) is 2.98. The molecule has 3 amide bonds. The van der Waals surface area contributed by atoms with Crippen LogP contribution in [0.1, 0.15) is 28.9 Å². The molecule has 1 aliphatic heterocycles. The first kappa shape index (κ1) is 15.0. The first-order valence-electron chi connectivity index (χ1n) is 7.31. The molecule has 1 saturated heterocycles. The molecule has 1 fully saturated rings. The zero-order valence-electron chi connectivity index (χ0n) is 12.6. The second-order valence-electron chi connectivity index (χ2n) is 5.37. The molecule has 0 aliphatic carbocycles. The third-order valence-electron chi connectivity index (χ3n) is 3.80. The summed E-state index contributed by atoms with van der Waals surface area (Å²) in [6.07, 6.45) is 2.00. The van der Waals surface area contributed by atoms with Crippen molar-refractivity contribution in [2.24, 2.45) is 0 Å². The van der Waals surface area contributed by atoms with Crippen LogP contribution in [0.5, 0.6) is 0 Å². The quantitative estimate of drug-likeness (QED) is 0.817. The maximum absolute atomic E-state index is 12.4. The Balaban J connectivity index is 1.77. The molecule has 1 aromatic heterocycles. The van der Waals surface area contributed by atoms with Gasteiger partial charge < -0.3 is 5.32 Å². The standard InChI is InChI=1S/C16H16N4O3/c1-10-12(9-17-20(10)11-5-3-2-4-6-11)15(22)18-13-7-8-14(21)19-16(13)23/h2-6,9,13H,7-8H2,1H3,(H,18,22)(H,19,21,23). The Bertz CT molecular complexity index is 767. The molecule has 1 unspecified atom stereocenters. The Morgan fingerprint density at radius 1 is 1.30 bits per heavy atom. The van der Waals surface area contributed by atoms with Crippen LogP contribution in [0.3, 0.4) is 0 Å². The number of carbonyl (C=O) groups is 3. The normalized spacial score (nSPS) is 17.7. The van der Waals surface area contributed by atoms with Crippen molar-refractivity contribution in [2.75, 3.05) is 0 Å². The van der Waals surface area contributed by atoms with E-state index >= 15 is 0 Å². The van der Waals surface area contributed by atoms with E-state index in [4.69, 9.17) is 0 Å². The molecule has 3 rings (SSSR count). The van der Waals surface area contributed by atoms with E-state index in [1.165, 1.54) is 6.20 Å². The fraction of sp³-hybridized carbons (Fsp3) is 0.250. The van der Waals surface area contributed by atoms with Crippen molar-refractivity contribution in [3.8, 4) is 5.69 Å². The Hall–Kier alpha value is -2.96. The van der Waals surface area contributed by atoms with Crippen molar-refractivity contribution >= 4 is 17.7 Å². The number of carbonyl (C=O) groups excluding carboxylic acids is 3. The van der Waals surface area contributed by atoms with Crippen LogP contribution in [-0.4, -0.2) is 33.5 Å². The van der Waals surface area contributed by atoms with Crippen LogP contribution in [-0.2, 0) is 9.59 Å². The Kier molecular flexibility index (Phi) is 3.92. The van der Waals surface area contributed by atoms with Gasteiger partial charge in [-0.2, -0.15) is 5.10 Å². The summed E-state index contributed by atoms with van der Waals surface area (Å²) >= 11 is 0. The summed E-state index contributed by atoms with van der Waals surface area (Å²) in [6.45, 7) is 1.79. The minimum atomic E-state index is -0.695. The number of amides is 3. The highest BCUT2D eigenvalue weighted by Crippen LogP contribution is 2.14. The van der Waals surface area contributed by atoms with E-state index in [0.29, 0.717) is 17.7 Å². The number of nitrogens with one attached hydrogen (secondary N) is 2. The summed E-state index contributed by atoms with van der Waals surface area (Å²) < 4.78 is 1.67. The summed E-state index contributed by atoms with van der Waals surface area (Å²) in [5.41, 5.74) is 1.93. The summed E-state index contributed by atoms with van der Waals surface area (Å²) in [4.78, 5) is 35.2. The molecular formula is C16H16N4O3. The molecule has 2 heterocycles. The van der Waals surface area contributed by atoms with E-state index < -0.39 is 11.9 Å². The van der Waals surface area contributed by atoms with Gasteiger partial charge in [-0.1, -0.05) is 18.2 Å². The Labute approximate surface area is 132 Å². The predicted octanol–water partition coefficient (Wildman–Crippen LogP) is 0.716. The Morgan fingerprint density at radius 3 is 2.74 bits per heavy atom. The molecule has 0 radical (unpaired) electrons. The fourth-order valence-electron chi connectivity index (χ4n) is 2.53. The molecule has 1 aliphatic rings. The van der Waals surface area contributed by atoms with Crippen LogP contribution in [0.15, 0.2) is 36.5 Å². The molecule has 7 heteroatoms. The van der Waals surface area contributed by atoms with Gasteiger partial charge in [-0.05, 0) is 25.5 Å². The number of aromatic nitrogens is 2. The second-order valence-corrected chi connectivity index (χ2v) is 5.37. The molecule has 0 bridgehead atoms. The van der Waals surface area contributed by atoms with Gasteiger partial charge in [0, 0.05) is 6.42 Å². The molecule has 2 N–H and O–H groups in total. The molecule has 23 heavy (non-hydrogen) atoms. The van der Waals surface area contributed by atoms with E-state index in [1.807, 2.05) is 30.3 Å². The number of benzene rings is 1. The van der Waals surface area contributed by atoms with Gasteiger partial charge in [0.2, 0.25) is 11.8 Å². The number of hydrogen-bond donors (Lipinski definition) is 2. The molecular weight excluding hydrogens is 296 g/mol. The van der Waals surface area contributed by atoms with Crippen LogP contribution in [0.4, 0.5) is 0 Å². The SMILES string of the molecule is Cc1c(C(=O)NC2CCC(=O)NC2=O)cnn1-c1ccccc1. The zero-order chi connectivity index (χ0) is 16.4. The van der Waals surface area contributed by atoms with E-state index in [1.54, 1.807) is 11.6 Å². The van der Waals surface area contributed by atoms with Crippen LogP contribution in [0, 0.1) is 6.92 Å². The first-order chi connectivity index (χ1) is 11.1. The van der Waals surface area contributed by atoms with Crippen LogP contribution >= 0.6 is 0 Å². The Morgan fingerprint density at radius 2 is 2.04 bits per heavy atom.